The highest BCUT2D eigenvalue weighted by molar-refractivity contribution is 5.16. The summed E-state index contributed by atoms with van der Waals surface area (Å²) in [7, 11) is 0. The molecule has 110 valence electrons. The molecular formula is C19H23NO. The van der Waals surface area contributed by atoms with Crippen LogP contribution < -0.4 is 0 Å². The zero-order valence-electron chi connectivity index (χ0n) is 12.7. The summed E-state index contributed by atoms with van der Waals surface area (Å²) >= 11 is 0. The number of hydrogen-bond donors (Lipinski definition) is 0. The van der Waals surface area contributed by atoms with Gasteiger partial charge in [-0.25, -0.2) is 0 Å². The van der Waals surface area contributed by atoms with Gasteiger partial charge in [-0.3, -0.25) is 4.90 Å². The highest BCUT2D eigenvalue weighted by atomic mass is 16.3. The predicted octanol–water partition coefficient (Wildman–Crippen LogP) is 4.35. The maximum absolute atomic E-state index is 5.64. The fraction of sp³-hybridized carbons (Fsp3) is 0.368. The van der Waals surface area contributed by atoms with E-state index >= 15 is 0 Å². The van der Waals surface area contributed by atoms with E-state index in [4.69, 9.17) is 4.42 Å². The second kappa shape index (κ2) is 6.77. The minimum absolute atomic E-state index is 1.01. The maximum Gasteiger partial charge on any atom is 0.104 e. The van der Waals surface area contributed by atoms with E-state index in [0.29, 0.717) is 0 Å². The van der Waals surface area contributed by atoms with Gasteiger partial charge in [-0.15, -0.1) is 0 Å². The van der Waals surface area contributed by atoms with Crippen LogP contribution in [0.1, 0.15) is 29.9 Å². The molecule has 2 heteroatoms. The number of aryl methyl sites for hydroxylation is 2. The van der Waals surface area contributed by atoms with Gasteiger partial charge in [0, 0.05) is 26.1 Å². The van der Waals surface area contributed by atoms with Gasteiger partial charge < -0.3 is 4.42 Å². The molecule has 0 saturated carbocycles. The van der Waals surface area contributed by atoms with Crippen molar-refractivity contribution in [3.05, 3.63) is 71.2 Å². The zero-order valence-corrected chi connectivity index (χ0v) is 12.7. The molecule has 1 aliphatic heterocycles. The topological polar surface area (TPSA) is 16.4 Å². The normalized spacial score (nSPS) is 16.0. The van der Waals surface area contributed by atoms with Gasteiger partial charge in [-0.1, -0.05) is 42.0 Å². The van der Waals surface area contributed by atoms with Gasteiger partial charge in [0.2, 0.25) is 0 Å². The lowest BCUT2D eigenvalue weighted by Crippen LogP contribution is -2.28. The summed E-state index contributed by atoms with van der Waals surface area (Å²) in [5, 5.41) is 0. The Morgan fingerprint density at radius 1 is 1.05 bits per heavy atom. The Kier molecular flexibility index (Phi) is 4.56. The smallest absolute Gasteiger partial charge is 0.104 e. The quantitative estimate of drug-likeness (QED) is 0.757. The van der Waals surface area contributed by atoms with Crippen molar-refractivity contribution in [3.8, 4) is 0 Å². The molecule has 2 heterocycles. The molecule has 1 aromatic heterocycles. The van der Waals surface area contributed by atoms with Gasteiger partial charge in [-0.2, -0.15) is 0 Å². The molecule has 0 spiro atoms. The van der Waals surface area contributed by atoms with Crippen molar-refractivity contribution in [2.24, 2.45) is 0 Å². The summed E-state index contributed by atoms with van der Waals surface area (Å²) in [5.74, 6) is 2.12. The van der Waals surface area contributed by atoms with Gasteiger partial charge in [0.05, 0.1) is 0 Å². The molecule has 0 aliphatic carbocycles. The molecular weight excluding hydrogens is 258 g/mol. The van der Waals surface area contributed by atoms with Crippen molar-refractivity contribution in [2.45, 2.75) is 32.7 Å². The standard InChI is InChI=1S/C19H23NO/c1-16-7-9-19(21-16)10-8-17-11-13-20(14-12-17)15-18-5-3-2-4-6-18/h2-7,9,11H,8,10,12-15H2,1H3. The first-order chi connectivity index (χ1) is 10.3. The van der Waals surface area contributed by atoms with Gasteiger partial charge in [0.25, 0.3) is 0 Å². The zero-order chi connectivity index (χ0) is 14.5. The summed E-state index contributed by atoms with van der Waals surface area (Å²) in [6, 6.07) is 14.9. The predicted molar refractivity (Wildman–Crippen MR) is 86.2 cm³/mol. The van der Waals surface area contributed by atoms with Crippen molar-refractivity contribution in [3.63, 3.8) is 0 Å². The van der Waals surface area contributed by atoms with E-state index in [1.54, 1.807) is 5.57 Å². The molecule has 0 radical (unpaired) electrons. The van der Waals surface area contributed by atoms with Crippen molar-refractivity contribution in [2.75, 3.05) is 13.1 Å². The molecule has 0 saturated heterocycles. The SMILES string of the molecule is Cc1ccc(CCC2=CCN(Cc3ccccc3)CC2)o1. The molecule has 2 aromatic rings. The number of nitrogens with zero attached hydrogens (tertiary/aromatic N) is 1. The maximum atomic E-state index is 5.64. The first kappa shape index (κ1) is 14.2. The molecule has 0 N–H and O–H groups in total. The third-order valence-corrected chi connectivity index (χ3v) is 4.12. The van der Waals surface area contributed by atoms with Gasteiger partial charge in [0.15, 0.2) is 0 Å². The molecule has 1 aromatic carbocycles. The minimum Gasteiger partial charge on any atom is -0.466 e. The van der Waals surface area contributed by atoms with Gasteiger partial charge in [0.1, 0.15) is 11.5 Å². The van der Waals surface area contributed by atoms with Crippen LogP contribution in [0.5, 0.6) is 0 Å². The first-order valence-corrected chi connectivity index (χ1v) is 7.79. The second-order valence-corrected chi connectivity index (χ2v) is 5.85. The number of furan rings is 1. The van der Waals surface area contributed by atoms with Crippen LogP contribution in [0.3, 0.4) is 0 Å². The van der Waals surface area contributed by atoms with E-state index in [0.717, 1.165) is 44.0 Å². The molecule has 0 unspecified atom stereocenters. The van der Waals surface area contributed by atoms with Crippen LogP contribution in [0.15, 0.2) is 58.5 Å². The van der Waals surface area contributed by atoms with E-state index in [-0.39, 0.29) is 0 Å². The van der Waals surface area contributed by atoms with Crippen LogP contribution in [0, 0.1) is 6.92 Å². The molecule has 0 atom stereocenters. The van der Waals surface area contributed by atoms with E-state index in [1.165, 1.54) is 12.0 Å². The monoisotopic (exact) mass is 281 g/mol. The number of benzene rings is 1. The Hall–Kier alpha value is -1.80. The van der Waals surface area contributed by atoms with Gasteiger partial charge in [-0.05, 0) is 37.5 Å². The highest BCUT2D eigenvalue weighted by Gasteiger charge is 2.12. The van der Waals surface area contributed by atoms with Crippen molar-refractivity contribution in [1.29, 1.82) is 0 Å². The fourth-order valence-electron chi connectivity index (χ4n) is 2.87. The van der Waals surface area contributed by atoms with E-state index in [1.807, 2.05) is 13.0 Å². The summed E-state index contributed by atoms with van der Waals surface area (Å²) in [5.41, 5.74) is 2.98. The van der Waals surface area contributed by atoms with E-state index in [2.05, 4.69) is 47.4 Å². The average molecular weight is 281 g/mol. The Labute approximate surface area is 127 Å². The van der Waals surface area contributed by atoms with E-state index in [9.17, 15) is 0 Å². The van der Waals surface area contributed by atoms with Crippen LogP contribution in [-0.2, 0) is 13.0 Å². The van der Waals surface area contributed by atoms with Crippen molar-refractivity contribution < 1.29 is 4.42 Å². The third-order valence-electron chi connectivity index (χ3n) is 4.12. The van der Waals surface area contributed by atoms with Crippen LogP contribution in [0.2, 0.25) is 0 Å². The van der Waals surface area contributed by atoms with E-state index < -0.39 is 0 Å². The summed E-state index contributed by atoms with van der Waals surface area (Å²) in [6.45, 7) is 5.30. The first-order valence-electron chi connectivity index (χ1n) is 7.79. The Morgan fingerprint density at radius 2 is 1.90 bits per heavy atom. The third kappa shape index (κ3) is 4.08. The summed E-state index contributed by atoms with van der Waals surface area (Å²) in [4.78, 5) is 2.51. The Morgan fingerprint density at radius 3 is 2.57 bits per heavy atom. The summed E-state index contributed by atoms with van der Waals surface area (Å²) < 4.78 is 5.64. The number of hydrogen-bond acceptors (Lipinski definition) is 2. The highest BCUT2D eigenvalue weighted by Crippen LogP contribution is 2.19. The second-order valence-electron chi connectivity index (χ2n) is 5.85. The van der Waals surface area contributed by atoms with Crippen molar-refractivity contribution >= 4 is 0 Å². The van der Waals surface area contributed by atoms with Crippen LogP contribution in [0.25, 0.3) is 0 Å². The Balaban J connectivity index is 1.48. The molecule has 3 rings (SSSR count). The molecule has 0 bridgehead atoms. The van der Waals surface area contributed by atoms with Crippen LogP contribution >= 0.6 is 0 Å². The average Bonchev–Trinajstić information content (AvgIpc) is 2.93. The molecule has 0 amide bonds. The fourth-order valence-corrected chi connectivity index (χ4v) is 2.87. The summed E-state index contributed by atoms with van der Waals surface area (Å²) in [6.07, 6.45) is 5.75. The minimum atomic E-state index is 1.01. The van der Waals surface area contributed by atoms with Crippen LogP contribution in [-0.4, -0.2) is 18.0 Å². The number of rotatable bonds is 5. The Bertz CT molecular complexity index is 597. The molecule has 1 aliphatic rings. The van der Waals surface area contributed by atoms with Crippen LogP contribution in [0.4, 0.5) is 0 Å². The molecule has 2 nitrogen and oxygen atoms in total. The largest absolute Gasteiger partial charge is 0.466 e. The lowest BCUT2D eigenvalue weighted by molar-refractivity contribution is 0.284. The lowest BCUT2D eigenvalue weighted by Gasteiger charge is -2.26. The lowest BCUT2D eigenvalue weighted by atomic mass is 10.0. The molecule has 0 fully saturated rings. The van der Waals surface area contributed by atoms with Crippen molar-refractivity contribution in [1.82, 2.24) is 4.90 Å². The van der Waals surface area contributed by atoms with Gasteiger partial charge >= 0.3 is 0 Å². The molecule has 21 heavy (non-hydrogen) atoms.